The van der Waals surface area contributed by atoms with Crippen molar-refractivity contribution < 1.29 is 14.7 Å². The summed E-state index contributed by atoms with van der Waals surface area (Å²) in [5.41, 5.74) is 0. The fourth-order valence-corrected chi connectivity index (χ4v) is 3.65. The highest BCUT2D eigenvalue weighted by Crippen LogP contribution is 2.32. The number of amides is 2. The minimum atomic E-state index is -0.197. The normalized spacial score (nSPS) is 33.3. The summed E-state index contributed by atoms with van der Waals surface area (Å²) in [5.74, 6) is 0.796. The lowest BCUT2D eigenvalue weighted by atomic mass is 9.84. The van der Waals surface area contributed by atoms with Crippen LogP contribution in [0.5, 0.6) is 0 Å². The van der Waals surface area contributed by atoms with Gasteiger partial charge in [-0.2, -0.15) is 0 Å². The Kier molecular flexibility index (Phi) is 4.48. The molecule has 1 saturated heterocycles. The Morgan fingerprint density at radius 3 is 2.71 bits per heavy atom. The number of likely N-dealkylation sites (tertiary alicyclic amines) is 1. The van der Waals surface area contributed by atoms with Crippen LogP contribution in [0.3, 0.4) is 0 Å². The number of hydrogen-bond donors (Lipinski definition) is 2. The van der Waals surface area contributed by atoms with Crippen LogP contribution >= 0.6 is 0 Å². The fraction of sp³-hybridized carbons (Fsp3) is 0.875. The summed E-state index contributed by atoms with van der Waals surface area (Å²) in [6.07, 6.45) is 6.98. The zero-order valence-electron chi connectivity index (χ0n) is 12.6. The summed E-state index contributed by atoms with van der Waals surface area (Å²) in [7, 11) is 0. The maximum atomic E-state index is 12.4. The quantitative estimate of drug-likeness (QED) is 0.792. The Labute approximate surface area is 126 Å². The first-order valence-electron chi connectivity index (χ1n) is 8.36. The molecular formula is C16H26N2O3. The molecule has 3 rings (SSSR count). The van der Waals surface area contributed by atoms with E-state index >= 15 is 0 Å². The first-order valence-corrected chi connectivity index (χ1v) is 8.36. The van der Waals surface area contributed by atoms with Gasteiger partial charge in [-0.3, -0.25) is 9.59 Å². The number of nitrogens with one attached hydrogen (secondary N) is 1. The average Bonchev–Trinajstić information content (AvgIpc) is 3.22. The molecule has 3 unspecified atom stereocenters. The second-order valence-electron chi connectivity index (χ2n) is 6.99. The van der Waals surface area contributed by atoms with E-state index < -0.39 is 0 Å². The van der Waals surface area contributed by atoms with E-state index in [2.05, 4.69) is 5.32 Å². The molecule has 0 aromatic rings. The average molecular weight is 294 g/mol. The third kappa shape index (κ3) is 3.57. The van der Waals surface area contributed by atoms with E-state index in [0.717, 1.165) is 32.2 Å². The van der Waals surface area contributed by atoms with Crippen molar-refractivity contribution in [1.82, 2.24) is 10.2 Å². The zero-order valence-corrected chi connectivity index (χ0v) is 12.6. The van der Waals surface area contributed by atoms with Crippen LogP contribution in [0.25, 0.3) is 0 Å². The Morgan fingerprint density at radius 1 is 1.24 bits per heavy atom. The SMILES string of the molecule is O=C(NC1CCCCC1CO)C1CC(=O)N(CC2CC2)C1. The summed E-state index contributed by atoms with van der Waals surface area (Å²) in [6, 6.07) is 0.0869. The van der Waals surface area contributed by atoms with Gasteiger partial charge in [0, 0.05) is 38.1 Å². The predicted octanol–water partition coefficient (Wildman–Crippen LogP) is 0.912. The van der Waals surface area contributed by atoms with Crippen molar-refractivity contribution in [2.24, 2.45) is 17.8 Å². The van der Waals surface area contributed by atoms with Gasteiger partial charge in [-0.1, -0.05) is 12.8 Å². The first-order chi connectivity index (χ1) is 10.2. The molecule has 0 radical (unpaired) electrons. The lowest BCUT2D eigenvalue weighted by Crippen LogP contribution is -2.46. The molecule has 5 nitrogen and oxygen atoms in total. The Hall–Kier alpha value is -1.10. The van der Waals surface area contributed by atoms with Gasteiger partial charge in [0.25, 0.3) is 0 Å². The van der Waals surface area contributed by atoms with Crippen LogP contribution in [0.2, 0.25) is 0 Å². The molecule has 2 saturated carbocycles. The molecule has 1 heterocycles. The minimum absolute atomic E-state index is 0.00648. The highest BCUT2D eigenvalue weighted by atomic mass is 16.3. The highest BCUT2D eigenvalue weighted by molar-refractivity contribution is 5.89. The molecule has 3 fully saturated rings. The van der Waals surface area contributed by atoms with E-state index in [1.807, 2.05) is 4.90 Å². The number of aliphatic hydroxyl groups excluding tert-OH is 1. The van der Waals surface area contributed by atoms with Gasteiger partial charge in [-0.05, 0) is 31.6 Å². The molecule has 0 aromatic heterocycles. The summed E-state index contributed by atoms with van der Waals surface area (Å²) < 4.78 is 0. The molecule has 3 atom stereocenters. The van der Waals surface area contributed by atoms with Crippen molar-refractivity contribution in [3.63, 3.8) is 0 Å². The van der Waals surface area contributed by atoms with Crippen LogP contribution in [-0.2, 0) is 9.59 Å². The van der Waals surface area contributed by atoms with Crippen molar-refractivity contribution in [2.45, 2.75) is 51.0 Å². The molecule has 5 heteroatoms. The van der Waals surface area contributed by atoms with E-state index in [1.54, 1.807) is 0 Å². The fourth-order valence-electron chi connectivity index (χ4n) is 3.65. The van der Waals surface area contributed by atoms with Crippen molar-refractivity contribution in [1.29, 1.82) is 0 Å². The van der Waals surface area contributed by atoms with E-state index in [4.69, 9.17) is 0 Å². The van der Waals surface area contributed by atoms with Gasteiger partial charge in [0.2, 0.25) is 11.8 Å². The molecule has 2 aliphatic carbocycles. The van der Waals surface area contributed by atoms with Crippen LogP contribution < -0.4 is 5.32 Å². The number of hydrogen-bond acceptors (Lipinski definition) is 3. The summed E-state index contributed by atoms with van der Waals surface area (Å²) in [6.45, 7) is 1.56. The molecule has 0 aromatic carbocycles. The molecule has 0 bridgehead atoms. The van der Waals surface area contributed by atoms with Crippen LogP contribution in [0.15, 0.2) is 0 Å². The minimum Gasteiger partial charge on any atom is -0.396 e. The Balaban J connectivity index is 1.51. The second-order valence-corrected chi connectivity index (χ2v) is 6.99. The predicted molar refractivity (Wildman–Crippen MR) is 78.4 cm³/mol. The lowest BCUT2D eigenvalue weighted by molar-refractivity contribution is -0.129. The van der Waals surface area contributed by atoms with Gasteiger partial charge in [-0.25, -0.2) is 0 Å². The largest absolute Gasteiger partial charge is 0.396 e. The molecule has 3 aliphatic rings. The van der Waals surface area contributed by atoms with Crippen molar-refractivity contribution in [3.8, 4) is 0 Å². The number of nitrogens with zero attached hydrogens (tertiary/aromatic N) is 1. The molecular weight excluding hydrogens is 268 g/mol. The molecule has 21 heavy (non-hydrogen) atoms. The zero-order chi connectivity index (χ0) is 14.8. The maximum Gasteiger partial charge on any atom is 0.225 e. The van der Waals surface area contributed by atoms with Crippen molar-refractivity contribution in [2.75, 3.05) is 19.7 Å². The van der Waals surface area contributed by atoms with Crippen molar-refractivity contribution in [3.05, 3.63) is 0 Å². The Morgan fingerprint density at radius 2 is 2.00 bits per heavy atom. The van der Waals surface area contributed by atoms with E-state index in [-0.39, 0.29) is 36.3 Å². The number of carbonyl (C=O) groups is 2. The molecule has 0 spiro atoms. The van der Waals surface area contributed by atoms with Crippen molar-refractivity contribution >= 4 is 11.8 Å². The molecule has 2 N–H and O–H groups in total. The van der Waals surface area contributed by atoms with Gasteiger partial charge >= 0.3 is 0 Å². The third-order valence-corrected chi connectivity index (χ3v) is 5.23. The topological polar surface area (TPSA) is 69.6 Å². The van der Waals surface area contributed by atoms with Gasteiger partial charge in [0.05, 0.1) is 5.92 Å². The number of carbonyl (C=O) groups excluding carboxylic acids is 2. The van der Waals surface area contributed by atoms with Crippen LogP contribution in [0.4, 0.5) is 0 Å². The van der Waals surface area contributed by atoms with Gasteiger partial charge in [-0.15, -0.1) is 0 Å². The molecule has 1 aliphatic heterocycles. The lowest BCUT2D eigenvalue weighted by Gasteiger charge is -2.31. The monoisotopic (exact) mass is 294 g/mol. The highest BCUT2D eigenvalue weighted by Gasteiger charge is 2.38. The van der Waals surface area contributed by atoms with Gasteiger partial charge in [0.15, 0.2) is 0 Å². The smallest absolute Gasteiger partial charge is 0.225 e. The molecule has 118 valence electrons. The van der Waals surface area contributed by atoms with Crippen LogP contribution in [0.1, 0.15) is 44.9 Å². The van der Waals surface area contributed by atoms with Crippen LogP contribution in [0, 0.1) is 17.8 Å². The van der Waals surface area contributed by atoms with E-state index in [1.165, 1.54) is 12.8 Å². The summed E-state index contributed by atoms with van der Waals surface area (Å²) in [4.78, 5) is 26.2. The van der Waals surface area contributed by atoms with Gasteiger partial charge < -0.3 is 15.3 Å². The Bertz CT molecular complexity index is 408. The van der Waals surface area contributed by atoms with E-state index in [9.17, 15) is 14.7 Å². The van der Waals surface area contributed by atoms with Crippen LogP contribution in [-0.4, -0.2) is 47.6 Å². The second kappa shape index (κ2) is 6.34. The molecule has 2 amide bonds. The maximum absolute atomic E-state index is 12.4. The van der Waals surface area contributed by atoms with Gasteiger partial charge in [0.1, 0.15) is 0 Å². The first kappa shape index (κ1) is 14.8. The third-order valence-electron chi connectivity index (χ3n) is 5.23. The standard InChI is InChI=1S/C16H26N2O3/c19-10-12-3-1-2-4-14(12)17-16(21)13-7-15(20)18(9-13)8-11-5-6-11/h11-14,19H,1-10H2,(H,17,21). The summed E-state index contributed by atoms with van der Waals surface area (Å²) in [5, 5.41) is 12.5. The van der Waals surface area contributed by atoms with E-state index in [0.29, 0.717) is 18.9 Å². The number of aliphatic hydroxyl groups is 1. The summed E-state index contributed by atoms with van der Waals surface area (Å²) >= 11 is 0. The number of rotatable bonds is 5.